The summed E-state index contributed by atoms with van der Waals surface area (Å²) in [7, 11) is 0. The van der Waals surface area contributed by atoms with Gasteiger partial charge in [0.05, 0.1) is 5.69 Å². The molecule has 0 atom stereocenters. The van der Waals surface area contributed by atoms with Gasteiger partial charge in [-0.1, -0.05) is 18.2 Å². The molecule has 17 heavy (non-hydrogen) atoms. The predicted octanol–water partition coefficient (Wildman–Crippen LogP) is -0.881. The third-order valence-electron chi connectivity index (χ3n) is 1.83. The van der Waals surface area contributed by atoms with Gasteiger partial charge in [0.25, 0.3) is 11.8 Å². The summed E-state index contributed by atoms with van der Waals surface area (Å²) >= 11 is 0. The van der Waals surface area contributed by atoms with E-state index in [0.29, 0.717) is 5.69 Å². The Bertz CT molecular complexity index is 403. The molecule has 0 fully saturated rings. The number of rotatable bonds is 4. The lowest BCUT2D eigenvalue weighted by Gasteiger charge is -2.07. The molecule has 2 amide bonds. The first-order valence-electron chi connectivity index (χ1n) is 4.66. The largest absolute Gasteiger partial charge is 0.292 e. The van der Waals surface area contributed by atoms with Crippen LogP contribution in [0, 0.1) is 0 Å². The van der Waals surface area contributed by atoms with Gasteiger partial charge < -0.3 is 0 Å². The summed E-state index contributed by atoms with van der Waals surface area (Å²) < 4.78 is 0. The van der Waals surface area contributed by atoms with Gasteiger partial charge in [-0.15, -0.1) is 0 Å². The fourth-order valence-electron chi connectivity index (χ4n) is 1.00. The quantitative estimate of drug-likeness (QED) is 0.177. The standard InChI is InChI=1S/C9H12N6O2/c10-12-8(16)7(9(17)13-11)15-14-6-4-2-1-3-5-6/h1-5,7H,10-11H2,(H,12,16)(H,13,17). The Labute approximate surface area is 97.0 Å². The number of nitrogens with zero attached hydrogens (tertiary/aromatic N) is 2. The van der Waals surface area contributed by atoms with Crippen LogP contribution in [0.3, 0.4) is 0 Å². The predicted molar refractivity (Wildman–Crippen MR) is 59.4 cm³/mol. The van der Waals surface area contributed by atoms with E-state index in [2.05, 4.69) is 10.2 Å². The minimum atomic E-state index is -1.41. The van der Waals surface area contributed by atoms with Crippen LogP contribution < -0.4 is 22.5 Å². The molecule has 0 aliphatic carbocycles. The molecular weight excluding hydrogens is 224 g/mol. The normalized spacial score (nSPS) is 10.5. The van der Waals surface area contributed by atoms with Crippen molar-refractivity contribution in [1.82, 2.24) is 10.9 Å². The number of hydrogen-bond acceptors (Lipinski definition) is 6. The molecule has 0 saturated heterocycles. The Hall–Kier alpha value is -2.32. The number of nitrogens with two attached hydrogens (primary N) is 2. The second-order valence-corrected chi connectivity index (χ2v) is 2.97. The highest BCUT2D eigenvalue weighted by Crippen LogP contribution is 2.11. The van der Waals surface area contributed by atoms with E-state index in [9.17, 15) is 9.59 Å². The molecule has 1 rings (SSSR count). The molecule has 0 bridgehead atoms. The molecule has 0 aliphatic rings. The maximum Gasteiger partial charge on any atom is 0.270 e. The van der Waals surface area contributed by atoms with Crippen molar-refractivity contribution in [3.05, 3.63) is 30.3 Å². The van der Waals surface area contributed by atoms with Gasteiger partial charge >= 0.3 is 0 Å². The van der Waals surface area contributed by atoms with Crippen LogP contribution in [0.5, 0.6) is 0 Å². The molecule has 0 aromatic heterocycles. The van der Waals surface area contributed by atoms with Crippen molar-refractivity contribution in [2.75, 3.05) is 0 Å². The van der Waals surface area contributed by atoms with Crippen molar-refractivity contribution in [3.8, 4) is 0 Å². The Balaban J connectivity index is 2.83. The molecule has 0 heterocycles. The van der Waals surface area contributed by atoms with Gasteiger partial charge in [0.2, 0.25) is 6.04 Å². The SMILES string of the molecule is NNC(=O)C(N=Nc1ccccc1)C(=O)NN. The van der Waals surface area contributed by atoms with Gasteiger partial charge in [0.15, 0.2) is 0 Å². The van der Waals surface area contributed by atoms with Crippen LogP contribution in [0.4, 0.5) is 5.69 Å². The first-order valence-corrected chi connectivity index (χ1v) is 4.66. The van der Waals surface area contributed by atoms with Gasteiger partial charge in [0, 0.05) is 0 Å². The summed E-state index contributed by atoms with van der Waals surface area (Å²) in [4.78, 5) is 22.5. The van der Waals surface area contributed by atoms with Crippen LogP contribution in [0.2, 0.25) is 0 Å². The van der Waals surface area contributed by atoms with E-state index >= 15 is 0 Å². The monoisotopic (exact) mass is 236 g/mol. The number of carbonyl (C=O) groups is 2. The minimum absolute atomic E-state index is 0.507. The molecule has 0 unspecified atom stereocenters. The van der Waals surface area contributed by atoms with Crippen LogP contribution in [-0.2, 0) is 9.59 Å². The number of nitrogens with one attached hydrogen (secondary N) is 2. The summed E-state index contributed by atoms with van der Waals surface area (Å²) in [6, 6.07) is 7.22. The number of azo groups is 1. The zero-order valence-electron chi connectivity index (χ0n) is 8.83. The lowest BCUT2D eigenvalue weighted by atomic mass is 10.3. The molecule has 0 radical (unpaired) electrons. The van der Waals surface area contributed by atoms with Crippen molar-refractivity contribution in [3.63, 3.8) is 0 Å². The van der Waals surface area contributed by atoms with Gasteiger partial charge in [-0.3, -0.25) is 20.4 Å². The van der Waals surface area contributed by atoms with Gasteiger partial charge in [0.1, 0.15) is 0 Å². The van der Waals surface area contributed by atoms with E-state index in [1.807, 2.05) is 10.9 Å². The first kappa shape index (κ1) is 12.7. The topological polar surface area (TPSA) is 135 Å². The number of carbonyl (C=O) groups excluding carboxylic acids is 2. The molecule has 8 heteroatoms. The third kappa shape index (κ3) is 3.63. The molecule has 1 aromatic rings. The second-order valence-electron chi connectivity index (χ2n) is 2.97. The molecule has 6 N–H and O–H groups in total. The average Bonchev–Trinajstić information content (AvgIpc) is 2.39. The van der Waals surface area contributed by atoms with Crippen LogP contribution in [0.25, 0.3) is 0 Å². The van der Waals surface area contributed by atoms with Crippen LogP contribution in [0.15, 0.2) is 40.6 Å². The third-order valence-corrected chi connectivity index (χ3v) is 1.83. The Kier molecular flexibility index (Phi) is 4.73. The fourth-order valence-corrected chi connectivity index (χ4v) is 1.00. The molecule has 0 spiro atoms. The Morgan fingerprint density at radius 3 is 2.06 bits per heavy atom. The minimum Gasteiger partial charge on any atom is -0.292 e. The maximum absolute atomic E-state index is 11.2. The summed E-state index contributed by atoms with van der Waals surface area (Å²) in [5, 5.41) is 7.31. The zero-order chi connectivity index (χ0) is 12.7. The highest BCUT2D eigenvalue weighted by molar-refractivity contribution is 6.04. The highest BCUT2D eigenvalue weighted by Gasteiger charge is 2.25. The maximum atomic E-state index is 11.2. The van der Waals surface area contributed by atoms with Crippen molar-refractivity contribution < 1.29 is 9.59 Å². The van der Waals surface area contributed by atoms with Crippen molar-refractivity contribution in [2.24, 2.45) is 21.9 Å². The zero-order valence-corrected chi connectivity index (χ0v) is 8.83. The summed E-state index contributed by atoms with van der Waals surface area (Å²) in [5.41, 5.74) is 4.12. The summed E-state index contributed by atoms with van der Waals surface area (Å²) in [6.45, 7) is 0. The van der Waals surface area contributed by atoms with E-state index < -0.39 is 17.9 Å². The number of hydrogen-bond donors (Lipinski definition) is 4. The lowest BCUT2D eigenvalue weighted by Crippen LogP contribution is -2.48. The first-order chi connectivity index (χ1) is 8.19. The van der Waals surface area contributed by atoms with Crippen molar-refractivity contribution in [2.45, 2.75) is 6.04 Å². The molecule has 8 nitrogen and oxygen atoms in total. The van der Waals surface area contributed by atoms with Crippen LogP contribution >= 0.6 is 0 Å². The molecule has 0 aliphatic heterocycles. The number of hydrazine groups is 2. The smallest absolute Gasteiger partial charge is 0.270 e. The van der Waals surface area contributed by atoms with Crippen LogP contribution in [-0.4, -0.2) is 17.9 Å². The van der Waals surface area contributed by atoms with E-state index in [1.165, 1.54) is 0 Å². The Morgan fingerprint density at radius 1 is 1.06 bits per heavy atom. The lowest BCUT2D eigenvalue weighted by molar-refractivity contribution is -0.131. The van der Waals surface area contributed by atoms with Crippen molar-refractivity contribution in [1.29, 1.82) is 0 Å². The average molecular weight is 236 g/mol. The van der Waals surface area contributed by atoms with Crippen LogP contribution in [0.1, 0.15) is 0 Å². The summed E-state index contributed by atoms with van der Waals surface area (Å²) in [6.07, 6.45) is 0. The molecule has 1 aromatic carbocycles. The number of benzene rings is 1. The van der Waals surface area contributed by atoms with Gasteiger partial charge in [-0.05, 0) is 12.1 Å². The van der Waals surface area contributed by atoms with Gasteiger partial charge in [-0.25, -0.2) is 11.7 Å². The van der Waals surface area contributed by atoms with Gasteiger partial charge in [-0.2, -0.15) is 10.2 Å². The molecule has 0 saturated carbocycles. The van der Waals surface area contributed by atoms with E-state index in [0.717, 1.165) is 0 Å². The van der Waals surface area contributed by atoms with E-state index in [-0.39, 0.29) is 0 Å². The van der Waals surface area contributed by atoms with E-state index in [4.69, 9.17) is 11.7 Å². The van der Waals surface area contributed by atoms with E-state index in [1.54, 1.807) is 30.3 Å². The van der Waals surface area contributed by atoms with Crippen molar-refractivity contribution >= 4 is 17.5 Å². The Morgan fingerprint density at radius 2 is 1.59 bits per heavy atom. The second kappa shape index (κ2) is 6.30. The summed E-state index contributed by atoms with van der Waals surface area (Å²) in [5.74, 6) is 8.23. The highest BCUT2D eigenvalue weighted by atomic mass is 16.2. The fraction of sp³-hybridized carbons (Fsp3) is 0.111. The molecular formula is C9H12N6O2. The molecule has 90 valence electrons. The number of amides is 2.